The molecule has 19 heavy (non-hydrogen) atoms. The third-order valence-electron chi connectivity index (χ3n) is 3.17. The van der Waals surface area contributed by atoms with Gasteiger partial charge in [0.15, 0.2) is 0 Å². The van der Waals surface area contributed by atoms with E-state index in [2.05, 4.69) is 0 Å². The maximum absolute atomic E-state index is 14.1. The minimum Gasteiger partial charge on any atom is -0.478 e. The topological polar surface area (TPSA) is 37.3 Å². The lowest BCUT2D eigenvalue weighted by molar-refractivity contribution is 0.0697. The Kier molecular flexibility index (Phi) is 3.38. The zero-order valence-corrected chi connectivity index (χ0v) is 11.1. The van der Waals surface area contributed by atoms with Crippen LogP contribution in [0.25, 0.3) is 11.1 Å². The summed E-state index contributed by atoms with van der Waals surface area (Å²) in [6, 6.07) is 8.15. The van der Waals surface area contributed by atoms with Gasteiger partial charge in [0, 0.05) is 5.56 Å². The van der Waals surface area contributed by atoms with Crippen molar-refractivity contribution in [3.63, 3.8) is 0 Å². The van der Waals surface area contributed by atoms with Crippen LogP contribution in [0.5, 0.6) is 0 Å². The molecule has 0 bridgehead atoms. The Bertz CT molecular complexity index is 637. The maximum atomic E-state index is 14.1. The number of carboxylic acid groups (broad SMARTS) is 1. The summed E-state index contributed by atoms with van der Waals surface area (Å²) in [5, 5.41) is 8.94. The molecule has 0 saturated carbocycles. The molecule has 0 aliphatic rings. The van der Waals surface area contributed by atoms with E-state index in [9.17, 15) is 9.18 Å². The molecule has 2 nitrogen and oxygen atoms in total. The molecule has 98 valence electrons. The first-order chi connectivity index (χ1) is 8.90. The van der Waals surface area contributed by atoms with E-state index >= 15 is 0 Å². The maximum Gasteiger partial charge on any atom is 0.335 e. The van der Waals surface area contributed by atoms with Gasteiger partial charge in [-0.2, -0.15) is 0 Å². The van der Waals surface area contributed by atoms with Crippen LogP contribution in [0.1, 0.15) is 27.0 Å². The van der Waals surface area contributed by atoms with Crippen molar-refractivity contribution < 1.29 is 14.3 Å². The summed E-state index contributed by atoms with van der Waals surface area (Å²) in [6.45, 7) is 5.50. The predicted molar refractivity (Wildman–Crippen MR) is 73.0 cm³/mol. The average molecular weight is 258 g/mol. The van der Waals surface area contributed by atoms with Crippen molar-refractivity contribution in [3.05, 3.63) is 58.4 Å². The zero-order valence-electron chi connectivity index (χ0n) is 11.1. The van der Waals surface area contributed by atoms with E-state index in [1.807, 2.05) is 19.9 Å². The highest BCUT2D eigenvalue weighted by atomic mass is 19.1. The highest BCUT2D eigenvalue weighted by Crippen LogP contribution is 2.30. The third kappa shape index (κ3) is 2.50. The third-order valence-corrected chi connectivity index (χ3v) is 3.17. The highest BCUT2D eigenvalue weighted by Gasteiger charge is 2.13. The molecule has 2 aromatic carbocycles. The van der Waals surface area contributed by atoms with Crippen LogP contribution in [0.15, 0.2) is 30.3 Å². The highest BCUT2D eigenvalue weighted by molar-refractivity contribution is 5.89. The predicted octanol–water partition coefficient (Wildman–Crippen LogP) is 4.12. The number of halogens is 1. The molecular weight excluding hydrogens is 243 g/mol. The Hall–Kier alpha value is -2.16. The molecule has 0 aromatic heterocycles. The second kappa shape index (κ2) is 4.84. The lowest BCUT2D eigenvalue weighted by atomic mass is 9.93. The van der Waals surface area contributed by atoms with Crippen molar-refractivity contribution in [1.29, 1.82) is 0 Å². The molecule has 0 amide bonds. The summed E-state index contributed by atoms with van der Waals surface area (Å²) < 4.78 is 14.1. The summed E-state index contributed by atoms with van der Waals surface area (Å²) in [5.74, 6) is -1.25. The molecule has 0 aliphatic heterocycles. The van der Waals surface area contributed by atoms with Crippen molar-refractivity contribution in [3.8, 4) is 11.1 Å². The van der Waals surface area contributed by atoms with E-state index in [0.29, 0.717) is 5.56 Å². The molecule has 2 aromatic rings. The minimum absolute atomic E-state index is 0.214. The van der Waals surface area contributed by atoms with Gasteiger partial charge in [0.2, 0.25) is 0 Å². The molecule has 0 unspecified atom stereocenters. The van der Waals surface area contributed by atoms with E-state index in [0.717, 1.165) is 22.3 Å². The van der Waals surface area contributed by atoms with Crippen LogP contribution < -0.4 is 0 Å². The van der Waals surface area contributed by atoms with Crippen molar-refractivity contribution in [2.45, 2.75) is 20.8 Å². The molecule has 0 aliphatic carbocycles. The Balaban J connectivity index is 2.63. The molecule has 0 spiro atoms. The van der Waals surface area contributed by atoms with Gasteiger partial charge in [-0.3, -0.25) is 0 Å². The van der Waals surface area contributed by atoms with Crippen molar-refractivity contribution in [2.24, 2.45) is 0 Å². The SMILES string of the molecule is Cc1cc(C)c(-c2ccc(C(=O)O)cc2C)c(F)c1. The number of rotatable bonds is 2. The molecule has 3 heteroatoms. The van der Waals surface area contributed by atoms with Gasteiger partial charge >= 0.3 is 5.97 Å². The van der Waals surface area contributed by atoms with Crippen molar-refractivity contribution >= 4 is 5.97 Å². The zero-order chi connectivity index (χ0) is 14.2. The summed E-state index contributed by atoms with van der Waals surface area (Å²) >= 11 is 0. The molecule has 1 N–H and O–H groups in total. The Morgan fingerprint density at radius 3 is 2.26 bits per heavy atom. The van der Waals surface area contributed by atoms with Crippen LogP contribution in [0.3, 0.4) is 0 Å². The van der Waals surface area contributed by atoms with E-state index in [1.54, 1.807) is 19.1 Å². The lowest BCUT2D eigenvalue weighted by Gasteiger charge is -2.12. The van der Waals surface area contributed by atoms with Gasteiger partial charge in [0.1, 0.15) is 5.82 Å². The first-order valence-electron chi connectivity index (χ1n) is 6.01. The Morgan fingerprint density at radius 1 is 1.05 bits per heavy atom. The molecule has 0 radical (unpaired) electrons. The van der Waals surface area contributed by atoms with E-state index in [4.69, 9.17) is 5.11 Å². The second-order valence-corrected chi connectivity index (χ2v) is 4.77. The summed E-state index contributed by atoms with van der Waals surface area (Å²) in [6.07, 6.45) is 0. The van der Waals surface area contributed by atoms with E-state index < -0.39 is 5.97 Å². The fourth-order valence-corrected chi connectivity index (χ4v) is 2.33. The van der Waals surface area contributed by atoms with Gasteiger partial charge in [0.05, 0.1) is 5.56 Å². The molecule has 0 atom stereocenters. The minimum atomic E-state index is -0.976. The van der Waals surface area contributed by atoms with Gasteiger partial charge in [0.25, 0.3) is 0 Å². The van der Waals surface area contributed by atoms with Gasteiger partial charge in [-0.15, -0.1) is 0 Å². The van der Waals surface area contributed by atoms with Crippen LogP contribution in [0.2, 0.25) is 0 Å². The van der Waals surface area contributed by atoms with Gasteiger partial charge in [-0.1, -0.05) is 12.1 Å². The van der Waals surface area contributed by atoms with Crippen molar-refractivity contribution in [2.75, 3.05) is 0 Å². The second-order valence-electron chi connectivity index (χ2n) is 4.77. The van der Waals surface area contributed by atoms with E-state index in [-0.39, 0.29) is 11.4 Å². The number of benzene rings is 2. The number of carbonyl (C=O) groups is 1. The first kappa shape index (κ1) is 13.3. The molecule has 0 saturated heterocycles. The largest absolute Gasteiger partial charge is 0.478 e. The monoisotopic (exact) mass is 258 g/mol. The smallest absolute Gasteiger partial charge is 0.335 e. The summed E-state index contributed by atoms with van der Waals surface area (Å²) in [4.78, 5) is 10.9. The number of aryl methyl sites for hydroxylation is 3. The number of hydrogen-bond donors (Lipinski definition) is 1. The van der Waals surface area contributed by atoms with Gasteiger partial charge in [-0.25, -0.2) is 9.18 Å². The summed E-state index contributed by atoms with van der Waals surface area (Å²) in [7, 11) is 0. The number of aromatic carboxylic acids is 1. The number of hydrogen-bond acceptors (Lipinski definition) is 1. The van der Waals surface area contributed by atoms with Crippen molar-refractivity contribution in [1.82, 2.24) is 0 Å². The summed E-state index contributed by atoms with van der Waals surface area (Å²) in [5.41, 5.74) is 3.97. The van der Waals surface area contributed by atoms with Gasteiger partial charge in [-0.05, 0) is 61.2 Å². The van der Waals surface area contributed by atoms with Crippen LogP contribution >= 0.6 is 0 Å². The normalized spacial score (nSPS) is 10.5. The molecule has 0 fully saturated rings. The van der Waals surface area contributed by atoms with Crippen LogP contribution in [-0.2, 0) is 0 Å². The fraction of sp³-hybridized carbons (Fsp3) is 0.188. The Morgan fingerprint density at radius 2 is 1.74 bits per heavy atom. The molecule has 0 heterocycles. The van der Waals surface area contributed by atoms with E-state index in [1.165, 1.54) is 12.1 Å². The fourth-order valence-electron chi connectivity index (χ4n) is 2.33. The molecular formula is C16H15FO2. The standard InChI is InChI=1S/C16H15FO2/c1-9-6-11(3)15(14(17)7-9)13-5-4-12(16(18)19)8-10(13)2/h4-8H,1-3H3,(H,18,19). The Labute approximate surface area is 111 Å². The first-order valence-corrected chi connectivity index (χ1v) is 6.01. The van der Waals surface area contributed by atoms with Crippen LogP contribution in [-0.4, -0.2) is 11.1 Å². The quantitative estimate of drug-likeness (QED) is 0.879. The average Bonchev–Trinajstić information content (AvgIpc) is 2.29. The van der Waals surface area contributed by atoms with Gasteiger partial charge < -0.3 is 5.11 Å². The lowest BCUT2D eigenvalue weighted by Crippen LogP contribution is -1.99. The number of carboxylic acids is 1. The molecule has 2 rings (SSSR count). The van der Waals surface area contributed by atoms with Crippen LogP contribution in [0.4, 0.5) is 4.39 Å². The van der Waals surface area contributed by atoms with Crippen LogP contribution in [0, 0.1) is 26.6 Å².